The summed E-state index contributed by atoms with van der Waals surface area (Å²) in [6.07, 6.45) is 1.34. The average Bonchev–Trinajstić information content (AvgIpc) is 3.48. The number of nitrogens with zero attached hydrogens (tertiary/aromatic N) is 4. The number of methoxy groups -OCH3 is 1. The van der Waals surface area contributed by atoms with Gasteiger partial charge in [-0.05, 0) is 36.1 Å². The van der Waals surface area contributed by atoms with E-state index in [4.69, 9.17) is 10.5 Å². The molecule has 1 amide bonds. The van der Waals surface area contributed by atoms with Crippen LogP contribution in [0.15, 0.2) is 65.1 Å². The molecule has 184 valence electrons. The highest BCUT2D eigenvalue weighted by Crippen LogP contribution is 2.36. The van der Waals surface area contributed by atoms with Gasteiger partial charge < -0.3 is 15.8 Å². The van der Waals surface area contributed by atoms with Crippen molar-refractivity contribution in [1.29, 1.82) is 5.26 Å². The van der Waals surface area contributed by atoms with Crippen LogP contribution in [0.25, 0.3) is 11.1 Å². The van der Waals surface area contributed by atoms with Crippen molar-refractivity contribution in [1.82, 2.24) is 14.8 Å². The molecule has 0 aliphatic rings. The van der Waals surface area contributed by atoms with E-state index in [9.17, 15) is 10.1 Å². The van der Waals surface area contributed by atoms with E-state index in [-0.39, 0.29) is 11.9 Å². The molecule has 0 saturated heterocycles. The zero-order valence-corrected chi connectivity index (χ0v) is 21.6. The average molecular weight is 519 g/mol. The van der Waals surface area contributed by atoms with Crippen molar-refractivity contribution < 1.29 is 9.53 Å². The molecular formula is C26H26N6O2S2. The lowest BCUT2D eigenvalue weighted by atomic mass is 10.0. The second-order valence-electron chi connectivity index (χ2n) is 7.90. The number of aromatic nitrogens is 3. The van der Waals surface area contributed by atoms with Gasteiger partial charge in [-0.3, -0.25) is 9.36 Å². The van der Waals surface area contributed by atoms with E-state index >= 15 is 0 Å². The number of anilines is 2. The zero-order chi connectivity index (χ0) is 25.5. The van der Waals surface area contributed by atoms with Gasteiger partial charge in [0.15, 0.2) is 5.16 Å². The van der Waals surface area contributed by atoms with Crippen LogP contribution >= 0.6 is 23.1 Å². The number of nitriles is 1. The van der Waals surface area contributed by atoms with Gasteiger partial charge in [0.1, 0.15) is 22.9 Å². The quantitative estimate of drug-likeness (QED) is 0.270. The molecular weight excluding hydrogens is 492 g/mol. The van der Waals surface area contributed by atoms with Gasteiger partial charge in [0.05, 0.1) is 12.7 Å². The summed E-state index contributed by atoms with van der Waals surface area (Å²) in [5.74, 6) is 1.42. The van der Waals surface area contributed by atoms with Gasteiger partial charge in [-0.2, -0.15) is 5.26 Å². The second-order valence-corrected chi connectivity index (χ2v) is 9.84. The van der Waals surface area contributed by atoms with E-state index in [1.807, 2.05) is 54.8 Å². The van der Waals surface area contributed by atoms with Crippen LogP contribution in [-0.2, 0) is 11.2 Å². The monoisotopic (exact) mass is 518 g/mol. The lowest BCUT2D eigenvalue weighted by molar-refractivity contribution is -0.119. The fraction of sp³-hybridized carbons (Fsp3) is 0.231. The summed E-state index contributed by atoms with van der Waals surface area (Å²) in [5.41, 5.74) is 9.40. The maximum absolute atomic E-state index is 13.4. The van der Waals surface area contributed by atoms with Gasteiger partial charge in [-0.15, -0.1) is 21.5 Å². The summed E-state index contributed by atoms with van der Waals surface area (Å²) in [6, 6.07) is 19.3. The number of carbonyl (C=O) groups excluding carboxylic acids is 1. The number of carbonyl (C=O) groups is 1. The molecule has 0 fully saturated rings. The smallest absolute Gasteiger partial charge is 0.248 e. The number of thiophene rings is 1. The van der Waals surface area contributed by atoms with E-state index in [0.29, 0.717) is 22.1 Å². The highest BCUT2D eigenvalue weighted by Gasteiger charge is 2.26. The van der Waals surface area contributed by atoms with Crippen LogP contribution in [0.3, 0.4) is 0 Å². The highest BCUT2D eigenvalue weighted by atomic mass is 32.2. The molecule has 8 nitrogen and oxygen atoms in total. The van der Waals surface area contributed by atoms with E-state index in [2.05, 4.69) is 33.7 Å². The Bertz CT molecular complexity index is 1360. The predicted molar refractivity (Wildman–Crippen MR) is 144 cm³/mol. The number of benzene rings is 2. The normalized spacial score (nSPS) is 11.6. The number of nitrogens with one attached hydrogen (secondary N) is 1. The summed E-state index contributed by atoms with van der Waals surface area (Å²) in [7, 11) is 1.61. The number of thioether (sulfide) groups is 1. The summed E-state index contributed by atoms with van der Waals surface area (Å²) in [5, 5.41) is 24.0. The Morgan fingerprint density at radius 2 is 1.97 bits per heavy atom. The molecule has 1 atom stereocenters. The fourth-order valence-electron chi connectivity index (χ4n) is 3.81. The molecule has 0 spiro atoms. The van der Waals surface area contributed by atoms with Crippen molar-refractivity contribution in [2.45, 2.75) is 31.0 Å². The van der Waals surface area contributed by atoms with E-state index in [1.165, 1.54) is 28.7 Å². The first kappa shape index (κ1) is 25.3. The first-order valence-corrected chi connectivity index (χ1v) is 13.3. The molecule has 1 unspecified atom stereocenters. The first-order chi connectivity index (χ1) is 17.5. The third-order valence-corrected chi connectivity index (χ3v) is 7.54. The molecule has 0 saturated carbocycles. The summed E-state index contributed by atoms with van der Waals surface area (Å²) >= 11 is 2.83. The van der Waals surface area contributed by atoms with Gasteiger partial charge in [0.2, 0.25) is 11.9 Å². The third kappa shape index (κ3) is 5.53. The molecule has 2 aromatic carbocycles. The Labute approximate surface area is 218 Å². The van der Waals surface area contributed by atoms with Gasteiger partial charge >= 0.3 is 0 Å². The van der Waals surface area contributed by atoms with Gasteiger partial charge in [0, 0.05) is 16.7 Å². The molecule has 0 bridgehead atoms. The van der Waals surface area contributed by atoms with E-state index < -0.39 is 6.04 Å². The summed E-state index contributed by atoms with van der Waals surface area (Å²) in [4.78, 5) is 13.4. The van der Waals surface area contributed by atoms with Crippen molar-refractivity contribution in [2.75, 3.05) is 23.9 Å². The Balaban J connectivity index is 1.51. The van der Waals surface area contributed by atoms with Crippen LogP contribution in [0.2, 0.25) is 0 Å². The molecule has 2 heterocycles. The minimum absolute atomic E-state index is 0.185. The molecule has 0 aliphatic carbocycles. The number of aryl methyl sites for hydroxylation is 1. The largest absolute Gasteiger partial charge is 0.497 e. The molecule has 0 aliphatic heterocycles. The maximum Gasteiger partial charge on any atom is 0.248 e. The van der Waals surface area contributed by atoms with Crippen molar-refractivity contribution in [3.8, 4) is 22.9 Å². The molecule has 4 rings (SSSR count). The number of nitrogen functional groups attached to an aromatic ring is 1. The van der Waals surface area contributed by atoms with E-state index in [1.54, 1.807) is 11.7 Å². The van der Waals surface area contributed by atoms with Crippen molar-refractivity contribution in [3.63, 3.8) is 0 Å². The molecule has 3 N–H and O–H groups in total. The van der Waals surface area contributed by atoms with Crippen LogP contribution < -0.4 is 15.8 Å². The van der Waals surface area contributed by atoms with Crippen molar-refractivity contribution in [2.24, 2.45) is 0 Å². The molecule has 2 aromatic heterocycles. The number of ether oxygens (including phenoxy) is 1. The predicted octanol–water partition coefficient (Wildman–Crippen LogP) is 5.39. The van der Waals surface area contributed by atoms with Crippen molar-refractivity contribution in [3.05, 3.63) is 71.1 Å². The lowest BCUT2D eigenvalue weighted by Crippen LogP contribution is -2.27. The van der Waals surface area contributed by atoms with Crippen LogP contribution in [0.5, 0.6) is 5.75 Å². The number of amides is 1. The molecule has 10 heteroatoms. The number of hydrogen-bond donors (Lipinski definition) is 2. The Kier molecular flexibility index (Phi) is 8.25. The summed E-state index contributed by atoms with van der Waals surface area (Å²) in [6.45, 7) is 1.91. The third-order valence-electron chi connectivity index (χ3n) is 5.70. The topological polar surface area (TPSA) is 119 Å². The SMILES string of the molecule is CCC(C(=O)Nc1scc(-c2ccc(OC)cc2)c1C#N)n1c(N)nnc1SCCc1ccccc1. The number of hydrogen-bond acceptors (Lipinski definition) is 8. The fourth-order valence-corrected chi connectivity index (χ4v) is 5.71. The van der Waals surface area contributed by atoms with Gasteiger partial charge in [-0.1, -0.05) is 61.2 Å². The Hall–Kier alpha value is -3.81. The molecule has 4 aromatic rings. The zero-order valence-electron chi connectivity index (χ0n) is 20.0. The van der Waals surface area contributed by atoms with Crippen LogP contribution in [0.1, 0.15) is 30.5 Å². The summed E-state index contributed by atoms with van der Waals surface area (Å²) < 4.78 is 6.89. The number of rotatable bonds is 10. The highest BCUT2D eigenvalue weighted by molar-refractivity contribution is 7.99. The van der Waals surface area contributed by atoms with Gasteiger partial charge in [-0.25, -0.2) is 0 Å². The minimum atomic E-state index is -0.614. The number of nitrogens with two attached hydrogens (primary N) is 1. The lowest BCUT2D eigenvalue weighted by Gasteiger charge is -2.18. The minimum Gasteiger partial charge on any atom is -0.497 e. The molecule has 0 radical (unpaired) electrons. The van der Waals surface area contributed by atoms with Crippen molar-refractivity contribution >= 4 is 40.0 Å². The standard InChI is InChI=1S/C26H26N6O2S2/c1-3-22(32-25(28)30-31-26(32)35-14-13-17-7-5-4-6-8-17)23(33)29-24-20(15-27)21(16-36-24)18-9-11-19(34-2)12-10-18/h4-12,16,22H,3,13-14H2,1-2H3,(H2,28,30)(H,29,33). The first-order valence-electron chi connectivity index (χ1n) is 11.4. The van der Waals surface area contributed by atoms with Crippen LogP contribution in [0, 0.1) is 11.3 Å². The molecule has 36 heavy (non-hydrogen) atoms. The maximum atomic E-state index is 13.4. The Morgan fingerprint density at radius 1 is 1.22 bits per heavy atom. The van der Waals surface area contributed by atoms with Gasteiger partial charge in [0.25, 0.3) is 0 Å². The van der Waals surface area contributed by atoms with Crippen LogP contribution in [0.4, 0.5) is 10.9 Å². The second kappa shape index (κ2) is 11.7. The Morgan fingerprint density at radius 3 is 2.64 bits per heavy atom. The van der Waals surface area contributed by atoms with Crippen LogP contribution in [-0.4, -0.2) is 33.5 Å². The van der Waals surface area contributed by atoms with E-state index in [0.717, 1.165) is 29.1 Å².